The van der Waals surface area contributed by atoms with Crippen molar-refractivity contribution in [2.75, 3.05) is 18.4 Å². The Bertz CT molecular complexity index is 321. The quantitative estimate of drug-likeness (QED) is 0.735. The van der Waals surface area contributed by atoms with E-state index in [2.05, 4.69) is 20.8 Å². The lowest BCUT2D eigenvalue weighted by Gasteiger charge is -2.21. The second-order valence-corrected chi connectivity index (χ2v) is 3.64. The van der Waals surface area contributed by atoms with Crippen molar-refractivity contribution in [3.8, 4) is 0 Å². The number of nitrogens with one attached hydrogen (secondary N) is 2. The van der Waals surface area contributed by atoms with Crippen molar-refractivity contribution in [3.63, 3.8) is 0 Å². The van der Waals surface area contributed by atoms with Crippen LogP contribution in [0.3, 0.4) is 0 Å². The lowest BCUT2D eigenvalue weighted by molar-refractivity contribution is -0.120. The molecule has 1 saturated heterocycles. The maximum atomic E-state index is 11.7. The summed E-state index contributed by atoms with van der Waals surface area (Å²) >= 11 is 0. The minimum Gasteiger partial charge on any atom is -0.316 e. The lowest BCUT2D eigenvalue weighted by atomic mass is 9.99. The van der Waals surface area contributed by atoms with Gasteiger partial charge in [0.05, 0.1) is 5.92 Å². The summed E-state index contributed by atoms with van der Waals surface area (Å²) in [6.07, 6.45) is 3.58. The summed E-state index contributed by atoms with van der Waals surface area (Å²) in [4.78, 5) is 11.7. The van der Waals surface area contributed by atoms with E-state index in [0.29, 0.717) is 5.82 Å². The van der Waals surface area contributed by atoms with Crippen molar-refractivity contribution in [2.24, 2.45) is 5.92 Å². The first-order valence-corrected chi connectivity index (χ1v) is 5.15. The Balaban J connectivity index is 1.91. The lowest BCUT2D eigenvalue weighted by Crippen LogP contribution is -2.37. The second-order valence-electron chi connectivity index (χ2n) is 3.64. The molecule has 1 atom stereocenters. The number of nitrogens with zero attached hydrogens (tertiary/aromatic N) is 2. The third kappa shape index (κ3) is 2.73. The van der Waals surface area contributed by atoms with Crippen LogP contribution in [0.4, 0.5) is 5.82 Å². The normalized spacial score (nSPS) is 20.9. The van der Waals surface area contributed by atoms with Crippen LogP contribution in [0.5, 0.6) is 0 Å². The van der Waals surface area contributed by atoms with E-state index in [1.807, 2.05) is 0 Å². The Labute approximate surface area is 88.3 Å². The number of carbonyl (C=O) groups is 1. The number of rotatable bonds is 2. The average molecular weight is 206 g/mol. The first-order valence-electron chi connectivity index (χ1n) is 5.15. The van der Waals surface area contributed by atoms with E-state index in [1.165, 1.54) is 0 Å². The van der Waals surface area contributed by atoms with Gasteiger partial charge in [-0.25, -0.2) is 0 Å². The molecule has 0 aromatic carbocycles. The molecule has 1 fully saturated rings. The fourth-order valence-electron chi connectivity index (χ4n) is 1.67. The van der Waals surface area contributed by atoms with Crippen LogP contribution in [0.1, 0.15) is 12.8 Å². The van der Waals surface area contributed by atoms with E-state index < -0.39 is 0 Å². The van der Waals surface area contributed by atoms with Crippen LogP contribution in [0.25, 0.3) is 0 Å². The summed E-state index contributed by atoms with van der Waals surface area (Å²) in [5.74, 6) is 0.608. The standard InChI is InChI=1S/C10H14N4O/c15-10(8-3-1-5-11-7-8)13-9-4-2-6-12-14-9/h2,4,6,8,11H,1,3,5,7H2,(H,13,14,15)/t8-/m1/s1. The molecule has 2 heterocycles. The van der Waals surface area contributed by atoms with Gasteiger partial charge in [0.25, 0.3) is 0 Å². The highest BCUT2D eigenvalue weighted by Gasteiger charge is 2.20. The Morgan fingerprint density at radius 3 is 3.20 bits per heavy atom. The minimum atomic E-state index is 0.0303. The largest absolute Gasteiger partial charge is 0.316 e. The van der Waals surface area contributed by atoms with Gasteiger partial charge in [0.2, 0.25) is 5.91 Å². The third-order valence-corrected chi connectivity index (χ3v) is 2.49. The molecule has 1 aromatic heterocycles. The fraction of sp³-hybridized carbons (Fsp3) is 0.500. The van der Waals surface area contributed by atoms with Crippen molar-refractivity contribution in [1.29, 1.82) is 0 Å². The smallest absolute Gasteiger partial charge is 0.229 e. The molecule has 0 radical (unpaired) electrons. The summed E-state index contributed by atoms with van der Waals surface area (Å²) < 4.78 is 0. The first-order chi connectivity index (χ1) is 7.36. The van der Waals surface area contributed by atoms with E-state index in [9.17, 15) is 4.79 Å². The van der Waals surface area contributed by atoms with Crippen molar-refractivity contribution in [2.45, 2.75) is 12.8 Å². The highest BCUT2D eigenvalue weighted by Crippen LogP contribution is 2.12. The van der Waals surface area contributed by atoms with Gasteiger partial charge in [-0.3, -0.25) is 4.79 Å². The second kappa shape index (κ2) is 4.84. The molecule has 0 saturated carbocycles. The Kier molecular flexibility index (Phi) is 3.24. The van der Waals surface area contributed by atoms with Gasteiger partial charge in [0, 0.05) is 12.7 Å². The summed E-state index contributed by atoms with van der Waals surface area (Å²) in [6, 6.07) is 3.49. The van der Waals surface area contributed by atoms with Gasteiger partial charge in [-0.05, 0) is 31.5 Å². The zero-order valence-corrected chi connectivity index (χ0v) is 8.44. The molecule has 80 valence electrons. The summed E-state index contributed by atoms with van der Waals surface area (Å²) in [6.45, 7) is 1.76. The number of piperidine rings is 1. The zero-order chi connectivity index (χ0) is 10.5. The molecular formula is C10H14N4O. The topological polar surface area (TPSA) is 66.9 Å². The maximum Gasteiger partial charge on any atom is 0.229 e. The summed E-state index contributed by atoms with van der Waals surface area (Å²) in [5, 5.41) is 13.5. The van der Waals surface area contributed by atoms with Crippen LogP contribution in [0, 0.1) is 5.92 Å². The molecule has 0 aliphatic carbocycles. The molecule has 15 heavy (non-hydrogen) atoms. The van der Waals surface area contributed by atoms with Crippen LogP contribution in [-0.2, 0) is 4.79 Å². The van der Waals surface area contributed by atoms with E-state index in [-0.39, 0.29) is 11.8 Å². The molecule has 1 aliphatic rings. The number of aromatic nitrogens is 2. The molecule has 5 heteroatoms. The van der Waals surface area contributed by atoms with Gasteiger partial charge in [-0.15, -0.1) is 5.10 Å². The zero-order valence-electron chi connectivity index (χ0n) is 8.44. The van der Waals surface area contributed by atoms with Gasteiger partial charge in [0.1, 0.15) is 0 Å². The van der Waals surface area contributed by atoms with E-state index in [0.717, 1.165) is 25.9 Å². The van der Waals surface area contributed by atoms with Crippen LogP contribution < -0.4 is 10.6 Å². The average Bonchev–Trinajstić information content (AvgIpc) is 2.31. The molecule has 5 nitrogen and oxygen atoms in total. The molecule has 0 unspecified atom stereocenters. The van der Waals surface area contributed by atoms with Crippen molar-refractivity contribution >= 4 is 11.7 Å². The van der Waals surface area contributed by atoms with Crippen molar-refractivity contribution in [1.82, 2.24) is 15.5 Å². The number of amides is 1. The summed E-state index contributed by atoms with van der Waals surface area (Å²) in [5.41, 5.74) is 0. The van der Waals surface area contributed by atoms with Crippen molar-refractivity contribution < 1.29 is 4.79 Å². The molecule has 2 N–H and O–H groups in total. The minimum absolute atomic E-state index is 0.0303. The predicted octanol–water partition coefficient (Wildman–Crippen LogP) is 0.415. The molecule has 0 bridgehead atoms. The summed E-state index contributed by atoms with van der Waals surface area (Å²) in [7, 11) is 0. The molecule has 2 rings (SSSR count). The van der Waals surface area contributed by atoms with Gasteiger partial charge in [-0.2, -0.15) is 5.10 Å². The maximum absolute atomic E-state index is 11.7. The van der Waals surface area contributed by atoms with Crippen molar-refractivity contribution in [3.05, 3.63) is 18.3 Å². The van der Waals surface area contributed by atoms with Gasteiger partial charge >= 0.3 is 0 Å². The Hall–Kier alpha value is -1.49. The fourth-order valence-corrected chi connectivity index (χ4v) is 1.67. The van der Waals surface area contributed by atoms with Gasteiger partial charge in [-0.1, -0.05) is 0 Å². The number of hydrogen-bond acceptors (Lipinski definition) is 4. The van der Waals surface area contributed by atoms with E-state index in [1.54, 1.807) is 18.3 Å². The van der Waals surface area contributed by atoms with Crippen LogP contribution >= 0.6 is 0 Å². The number of anilines is 1. The molecule has 1 aromatic rings. The molecular weight excluding hydrogens is 192 g/mol. The van der Waals surface area contributed by atoms with E-state index in [4.69, 9.17) is 0 Å². The van der Waals surface area contributed by atoms with Crippen LogP contribution in [0.2, 0.25) is 0 Å². The highest BCUT2D eigenvalue weighted by molar-refractivity contribution is 5.91. The Morgan fingerprint density at radius 2 is 2.53 bits per heavy atom. The number of carbonyl (C=O) groups excluding carboxylic acids is 1. The molecule has 1 amide bonds. The highest BCUT2D eigenvalue weighted by atomic mass is 16.2. The molecule has 0 spiro atoms. The monoisotopic (exact) mass is 206 g/mol. The first kappa shape index (κ1) is 10.0. The predicted molar refractivity (Wildman–Crippen MR) is 56.3 cm³/mol. The van der Waals surface area contributed by atoms with E-state index >= 15 is 0 Å². The third-order valence-electron chi connectivity index (χ3n) is 2.49. The van der Waals surface area contributed by atoms with Gasteiger partial charge < -0.3 is 10.6 Å². The molecule has 1 aliphatic heterocycles. The Morgan fingerprint density at radius 1 is 1.60 bits per heavy atom. The number of hydrogen-bond donors (Lipinski definition) is 2. The van der Waals surface area contributed by atoms with Crippen LogP contribution in [0.15, 0.2) is 18.3 Å². The van der Waals surface area contributed by atoms with Gasteiger partial charge in [0.15, 0.2) is 5.82 Å². The SMILES string of the molecule is O=C(Nc1cccnn1)[C@@H]1CCCNC1. The van der Waals surface area contributed by atoms with Crippen LogP contribution in [-0.4, -0.2) is 29.2 Å².